The van der Waals surface area contributed by atoms with Gasteiger partial charge in [0, 0.05) is 24.2 Å². The van der Waals surface area contributed by atoms with Gasteiger partial charge in [0.2, 0.25) is 11.7 Å². The summed E-state index contributed by atoms with van der Waals surface area (Å²) in [5.74, 6) is 0.507. The Morgan fingerprint density at radius 3 is 2.75 bits per heavy atom. The molecule has 9 heteroatoms. The smallest absolute Gasteiger partial charge is 0.270 e. The van der Waals surface area contributed by atoms with Crippen LogP contribution >= 0.6 is 11.6 Å². The van der Waals surface area contributed by atoms with Crippen LogP contribution in [0.15, 0.2) is 53.1 Å². The molecule has 0 bridgehead atoms. The second-order valence-corrected chi connectivity index (χ2v) is 6.81. The van der Waals surface area contributed by atoms with E-state index in [2.05, 4.69) is 10.1 Å². The first kappa shape index (κ1) is 18.1. The lowest BCUT2D eigenvalue weighted by molar-refractivity contribution is -0.384. The SMILES string of the molecule is O=C(c1ccc([N+](=O)[O-])cc1Cl)N1CCCC1c1nc(-c2ccccc2)no1. The van der Waals surface area contributed by atoms with Crippen LogP contribution in [-0.4, -0.2) is 32.4 Å². The molecule has 1 aliphatic rings. The molecule has 0 spiro atoms. The molecule has 0 N–H and O–H groups in total. The van der Waals surface area contributed by atoms with Crippen molar-refractivity contribution in [2.24, 2.45) is 0 Å². The third kappa shape index (κ3) is 3.34. The van der Waals surface area contributed by atoms with Gasteiger partial charge in [-0.3, -0.25) is 14.9 Å². The van der Waals surface area contributed by atoms with Crippen LogP contribution in [0.3, 0.4) is 0 Å². The number of rotatable bonds is 4. The Labute approximate surface area is 164 Å². The molecule has 1 fully saturated rings. The van der Waals surface area contributed by atoms with Crippen molar-refractivity contribution in [1.82, 2.24) is 15.0 Å². The molecule has 0 saturated carbocycles. The van der Waals surface area contributed by atoms with Gasteiger partial charge >= 0.3 is 0 Å². The van der Waals surface area contributed by atoms with E-state index in [0.717, 1.165) is 12.0 Å². The largest absolute Gasteiger partial charge is 0.337 e. The summed E-state index contributed by atoms with van der Waals surface area (Å²) in [6.07, 6.45) is 1.47. The number of nitro benzene ring substituents is 1. The summed E-state index contributed by atoms with van der Waals surface area (Å²) in [5, 5.41) is 14.9. The van der Waals surface area contributed by atoms with Crippen LogP contribution in [0.1, 0.15) is 35.1 Å². The molecule has 142 valence electrons. The fraction of sp³-hybridized carbons (Fsp3) is 0.211. The molecule has 1 aromatic heterocycles. The van der Waals surface area contributed by atoms with Crippen molar-refractivity contribution in [1.29, 1.82) is 0 Å². The number of aromatic nitrogens is 2. The van der Waals surface area contributed by atoms with Gasteiger partial charge in [0.25, 0.3) is 11.6 Å². The summed E-state index contributed by atoms with van der Waals surface area (Å²) >= 11 is 6.12. The van der Waals surface area contributed by atoms with Crippen LogP contribution in [0, 0.1) is 10.1 Å². The molecule has 8 nitrogen and oxygen atoms in total. The highest BCUT2D eigenvalue weighted by atomic mass is 35.5. The lowest BCUT2D eigenvalue weighted by Gasteiger charge is -2.22. The lowest BCUT2D eigenvalue weighted by atomic mass is 10.1. The highest BCUT2D eigenvalue weighted by molar-refractivity contribution is 6.34. The van der Waals surface area contributed by atoms with E-state index in [9.17, 15) is 14.9 Å². The molecule has 1 amide bonds. The van der Waals surface area contributed by atoms with E-state index in [4.69, 9.17) is 16.1 Å². The van der Waals surface area contributed by atoms with Crippen molar-refractivity contribution >= 4 is 23.2 Å². The average Bonchev–Trinajstić information content (AvgIpc) is 3.37. The van der Waals surface area contributed by atoms with Crippen molar-refractivity contribution < 1.29 is 14.2 Å². The molecular formula is C19H15ClN4O4. The van der Waals surface area contributed by atoms with Crippen molar-refractivity contribution in [3.63, 3.8) is 0 Å². The highest BCUT2D eigenvalue weighted by Crippen LogP contribution is 2.34. The van der Waals surface area contributed by atoms with Gasteiger partial charge in [0.05, 0.1) is 15.5 Å². The number of halogens is 1. The van der Waals surface area contributed by atoms with Gasteiger partial charge in [-0.15, -0.1) is 0 Å². The maximum atomic E-state index is 13.0. The zero-order valence-electron chi connectivity index (χ0n) is 14.6. The molecule has 1 atom stereocenters. The van der Waals surface area contributed by atoms with Crippen molar-refractivity contribution in [3.8, 4) is 11.4 Å². The second kappa shape index (κ2) is 7.40. The van der Waals surface area contributed by atoms with E-state index in [1.807, 2.05) is 30.3 Å². The maximum Gasteiger partial charge on any atom is 0.270 e. The number of benzene rings is 2. The van der Waals surface area contributed by atoms with Crippen LogP contribution in [0.5, 0.6) is 0 Å². The molecule has 0 radical (unpaired) electrons. The summed E-state index contributed by atoms with van der Waals surface area (Å²) in [5.41, 5.74) is 0.873. The number of nitro groups is 1. The molecule has 2 heterocycles. The number of amides is 1. The van der Waals surface area contributed by atoms with E-state index in [1.165, 1.54) is 18.2 Å². The highest BCUT2D eigenvalue weighted by Gasteiger charge is 2.35. The van der Waals surface area contributed by atoms with Gasteiger partial charge in [0.15, 0.2) is 0 Å². The molecule has 2 aromatic carbocycles. The Kier molecular flexibility index (Phi) is 4.79. The van der Waals surface area contributed by atoms with E-state index >= 15 is 0 Å². The summed E-state index contributed by atoms with van der Waals surface area (Å²) in [6.45, 7) is 0.514. The monoisotopic (exact) mass is 398 g/mol. The standard InChI is InChI=1S/C19H15ClN4O4/c20-15-11-13(24(26)27)8-9-14(15)19(25)23-10-4-7-16(23)18-21-17(22-28-18)12-5-2-1-3-6-12/h1-3,5-6,8-9,11,16H,4,7,10H2. The molecule has 3 aromatic rings. The van der Waals surface area contributed by atoms with Gasteiger partial charge < -0.3 is 9.42 Å². The number of carbonyl (C=O) groups is 1. The van der Waals surface area contributed by atoms with Crippen LogP contribution in [-0.2, 0) is 0 Å². The average molecular weight is 399 g/mol. The third-order valence-electron chi connectivity index (χ3n) is 4.67. The van der Waals surface area contributed by atoms with Gasteiger partial charge in [0.1, 0.15) is 6.04 Å². The number of hydrogen-bond donors (Lipinski definition) is 0. The van der Waals surface area contributed by atoms with Gasteiger partial charge in [-0.2, -0.15) is 4.98 Å². The minimum Gasteiger partial charge on any atom is -0.337 e. The van der Waals surface area contributed by atoms with E-state index < -0.39 is 4.92 Å². The Hall–Kier alpha value is -3.26. The fourth-order valence-corrected chi connectivity index (χ4v) is 3.54. The minimum absolute atomic E-state index is 0.0420. The number of likely N-dealkylation sites (tertiary alicyclic amines) is 1. The van der Waals surface area contributed by atoms with Crippen molar-refractivity contribution in [2.75, 3.05) is 6.54 Å². The Morgan fingerprint density at radius 1 is 1.25 bits per heavy atom. The Morgan fingerprint density at radius 2 is 2.04 bits per heavy atom. The zero-order chi connectivity index (χ0) is 19.7. The Bertz CT molecular complexity index is 1040. The van der Waals surface area contributed by atoms with Gasteiger partial charge in [-0.25, -0.2) is 0 Å². The fourth-order valence-electron chi connectivity index (χ4n) is 3.29. The lowest BCUT2D eigenvalue weighted by Crippen LogP contribution is -2.31. The molecule has 1 unspecified atom stereocenters. The van der Waals surface area contributed by atoms with Crippen molar-refractivity contribution in [3.05, 3.63) is 75.1 Å². The quantitative estimate of drug-likeness (QED) is 0.480. The predicted molar refractivity (Wildman–Crippen MR) is 101 cm³/mol. The van der Waals surface area contributed by atoms with Crippen molar-refractivity contribution in [2.45, 2.75) is 18.9 Å². The maximum absolute atomic E-state index is 13.0. The van der Waals surface area contributed by atoms with Crippen LogP contribution in [0.2, 0.25) is 5.02 Å². The predicted octanol–water partition coefficient (Wildman–Crippen LogP) is 4.28. The molecule has 4 rings (SSSR count). The van der Waals surface area contributed by atoms with E-state index in [-0.39, 0.29) is 28.2 Å². The molecule has 28 heavy (non-hydrogen) atoms. The van der Waals surface area contributed by atoms with Gasteiger partial charge in [-0.1, -0.05) is 47.1 Å². The first-order valence-corrected chi connectivity index (χ1v) is 9.06. The molecule has 0 aliphatic carbocycles. The third-order valence-corrected chi connectivity index (χ3v) is 4.98. The molecular weight excluding hydrogens is 384 g/mol. The van der Waals surface area contributed by atoms with E-state index in [1.54, 1.807) is 4.90 Å². The van der Waals surface area contributed by atoms with Crippen LogP contribution < -0.4 is 0 Å². The summed E-state index contributed by atoms with van der Waals surface area (Å²) < 4.78 is 5.42. The number of hydrogen-bond acceptors (Lipinski definition) is 6. The first-order chi connectivity index (χ1) is 13.5. The number of non-ortho nitro benzene ring substituents is 1. The first-order valence-electron chi connectivity index (χ1n) is 8.68. The normalized spacial score (nSPS) is 16.3. The number of nitrogens with zero attached hydrogens (tertiary/aromatic N) is 4. The van der Waals surface area contributed by atoms with Crippen LogP contribution in [0.25, 0.3) is 11.4 Å². The summed E-state index contributed by atoms with van der Waals surface area (Å²) in [4.78, 5) is 29.4. The van der Waals surface area contributed by atoms with E-state index in [0.29, 0.717) is 24.7 Å². The summed E-state index contributed by atoms with van der Waals surface area (Å²) in [7, 11) is 0. The second-order valence-electron chi connectivity index (χ2n) is 6.40. The topological polar surface area (TPSA) is 102 Å². The minimum atomic E-state index is -0.553. The number of carbonyl (C=O) groups excluding carboxylic acids is 1. The summed E-state index contributed by atoms with van der Waals surface area (Å²) in [6, 6.07) is 12.9. The zero-order valence-corrected chi connectivity index (χ0v) is 15.4. The molecule has 1 aliphatic heterocycles. The molecule has 1 saturated heterocycles. The van der Waals surface area contributed by atoms with Gasteiger partial charge in [-0.05, 0) is 18.9 Å². The Balaban J connectivity index is 1.60. The van der Waals surface area contributed by atoms with Crippen LogP contribution in [0.4, 0.5) is 5.69 Å².